The number of H-pyrrole nitrogens is 1. The molecule has 2 aromatic rings. The Labute approximate surface area is 105 Å². The molecule has 18 heavy (non-hydrogen) atoms. The van der Waals surface area contributed by atoms with Gasteiger partial charge in [0.2, 0.25) is 0 Å². The highest BCUT2D eigenvalue weighted by Gasteiger charge is 2.15. The van der Waals surface area contributed by atoms with Crippen LogP contribution in [0.15, 0.2) is 24.3 Å². The topological polar surface area (TPSA) is 67.0 Å². The number of rotatable bonds is 3. The lowest BCUT2D eigenvalue weighted by atomic mass is 10.2. The molecule has 0 saturated carbocycles. The predicted octanol–water partition coefficient (Wildman–Crippen LogP) is 2.29. The summed E-state index contributed by atoms with van der Waals surface area (Å²) in [4.78, 5) is 12.1. The van der Waals surface area contributed by atoms with Crippen LogP contribution in [0.2, 0.25) is 0 Å². The number of nitrogens with zero attached hydrogens (tertiary/aromatic N) is 1. The van der Waals surface area contributed by atoms with Crippen molar-refractivity contribution in [1.29, 1.82) is 0 Å². The highest BCUT2D eigenvalue weighted by molar-refractivity contribution is 6.05. The minimum absolute atomic E-state index is 0.174. The molecule has 0 spiro atoms. The zero-order valence-electron chi connectivity index (χ0n) is 10.6. The monoisotopic (exact) mass is 245 g/mol. The summed E-state index contributed by atoms with van der Waals surface area (Å²) in [5, 5.41) is 9.61. The van der Waals surface area contributed by atoms with Gasteiger partial charge in [0, 0.05) is 17.4 Å². The number of aromatic amines is 1. The Hall–Kier alpha value is -2.30. The van der Waals surface area contributed by atoms with Gasteiger partial charge in [-0.1, -0.05) is 6.07 Å². The number of nitrogens with one attached hydrogen (secondary N) is 2. The molecule has 0 aliphatic carbocycles. The third kappa shape index (κ3) is 2.34. The van der Waals surface area contributed by atoms with Crippen LogP contribution in [0.3, 0.4) is 0 Å². The summed E-state index contributed by atoms with van der Waals surface area (Å²) in [6.07, 6.45) is 0. The summed E-state index contributed by atoms with van der Waals surface area (Å²) in [6, 6.07) is 7.22. The zero-order chi connectivity index (χ0) is 13.1. The van der Waals surface area contributed by atoms with E-state index in [1.807, 2.05) is 25.1 Å². The van der Waals surface area contributed by atoms with Gasteiger partial charge in [-0.25, -0.2) is 0 Å². The molecule has 1 heterocycles. The molecule has 2 N–H and O–H groups in total. The summed E-state index contributed by atoms with van der Waals surface area (Å²) in [5.74, 6) is 0.528. The highest BCUT2D eigenvalue weighted by atomic mass is 16.5. The van der Waals surface area contributed by atoms with Gasteiger partial charge in [-0.15, -0.1) is 0 Å². The van der Waals surface area contributed by atoms with E-state index in [2.05, 4.69) is 15.5 Å². The van der Waals surface area contributed by atoms with E-state index in [0.717, 1.165) is 5.69 Å². The molecule has 0 radical (unpaired) electrons. The van der Waals surface area contributed by atoms with Crippen molar-refractivity contribution >= 4 is 11.6 Å². The first-order chi connectivity index (χ1) is 8.61. The highest BCUT2D eigenvalue weighted by Crippen LogP contribution is 2.18. The fourth-order valence-corrected chi connectivity index (χ4v) is 1.78. The molecule has 1 amide bonds. The Balaban J connectivity index is 2.21. The lowest BCUT2D eigenvalue weighted by Crippen LogP contribution is -2.13. The van der Waals surface area contributed by atoms with Gasteiger partial charge in [-0.3, -0.25) is 9.89 Å². The lowest BCUT2D eigenvalue weighted by Gasteiger charge is -2.07. The van der Waals surface area contributed by atoms with Crippen molar-refractivity contribution in [3.8, 4) is 5.75 Å². The third-order valence-electron chi connectivity index (χ3n) is 2.68. The third-order valence-corrected chi connectivity index (χ3v) is 2.68. The fourth-order valence-electron chi connectivity index (χ4n) is 1.78. The van der Waals surface area contributed by atoms with Crippen LogP contribution in [0.4, 0.5) is 5.69 Å². The van der Waals surface area contributed by atoms with E-state index in [9.17, 15) is 4.79 Å². The largest absolute Gasteiger partial charge is 0.497 e. The number of methoxy groups -OCH3 is 1. The molecular weight excluding hydrogens is 230 g/mol. The van der Waals surface area contributed by atoms with E-state index in [4.69, 9.17) is 4.74 Å². The minimum Gasteiger partial charge on any atom is -0.497 e. The molecule has 0 bridgehead atoms. The molecule has 5 heteroatoms. The first-order valence-corrected chi connectivity index (χ1v) is 5.59. The van der Waals surface area contributed by atoms with Crippen molar-refractivity contribution in [3.05, 3.63) is 41.2 Å². The number of aryl methyl sites for hydroxylation is 2. The zero-order valence-corrected chi connectivity index (χ0v) is 10.6. The maximum absolute atomic E-state index is 12.1. The van der Waals surface area contributed by atoms with E-state index in [-0.39, 0.29) is 5.91 Å². The summed E-state index contributed by atoms with van der Waals surface area (Å²) in [6.45, 7) is 3.62. The lowest BCUT2D eigenvalue weighted by molar-refractivity contribution is 0.102. The van der Waals surface area contributed by atoms with Crippen LogP contribution in [0.5, 0.6) is 5.75 Å². The average Bonchev–Trinajstić information content (AvgIpc) is 2.69. The van der Waals surface area contributed by atoms with Crippen molar-refractivity contribution in [2.75, 3.05) is 12.4 Å². The summed E-state index contributed by atoms with van der Waals surface area (Å²) >= 11 is 0. The van der Waals surface area contributed by atoms with Gasteiger partial charge >= 0.3 is 0 Å². The van der Waals surface area contributed by atoms with Gasteiger partial charge in [0.05, 0.1) is 18.4 Å². The normalized spacial score (nSPS) is 10.2. The molecule has 5 nitrogen and oxygen atoms in total. The Kier molecular flexibility index (Phi) is 3.32. The maximum Gasteiger partial charge on any atom is 0.259 e. The quantitative estimate of drug-likeness (QED) is 0.871. The number of anilines is 1. The maximum atomic E-state index is 12.1. The SMILES string of the molecule is COc1cccc(NC(=O)c2c(C)n[nH]c2C)c1. The Morgan fingerprint density at radius 3 is 2.78 bits per heavy atom. The number of amides is 1. The Bertz CT molecular complexity index is 556. The Morgan fingerprint density at radius 2 is 2.17 bits per heavy atom. The van der Waals surface area contributed by atoms with Crippen molar-refractivity contribution < 1.29 is 9.53 Å². The van der Waals surface area contributed by atoms with Gasteiger partial charge in [0.25, 0.3) is 5.91 Å². The van der Waals surface area contributed by atoms with Crippen LogP contribution in [0.1, 0.15) is 21.7 Å². The smallest absolute Gasteiger partial charge is 0.259 e. The van der Waals surface area contributed by atoms with Crippen molar-refractivity contribution in [2.24, 2.45) is 0 Å². The van der Waals surface area contributed by atoms with Crippen LogP contribution in [0.25, 0.3) is 0 Å². The molecule has 94 valence electrons. The van der Waals surface area contributed by atoms with E-state index in [0.29, 0.717) is 22.7 Å². The molecule has 0 fully saturated rings. The standard InChI is InChI=1S/C13H15N3O2/c1-8-12(9(2)16-15-8)13(17)14-10-5-4-6-11(7-10)18-3/h4-7H,1-3H3,(H,14,17)(H,15,16). The van der Waals surface area contributed by atoms with E-state index in [1.165, 1.54) is 0 Å². The second-order valence-corrected chi connectivity index (χ2v) is 4.00. The van der Waals surface area contributed by atoms with Crippen molar-refractivity contribution in [2.45, 2.75) is 13.8 Å². The number of hydrogen-bond acceptors (Lipinski definition) is 3. The summed E-state index contributed by atoms with van der Waals surface area (Å²) in [5.41, 5.74) is 2.72. The number of ether oxygens (including phenoxy) is 1. The molecule has 2 rings (SSSR count). The first kappa shape index (κ1) is 12.2. The summed E-state index contributed by atoms with van der Waals surface area (Å²) in [7, 11) is 1.59. The van der Waals surface area contributed by atoms with E-state index >= 15 is 0 Å². The first-order valence-electron chi connectivity index (χ1n) is 5.59. The van der Waals surface area contributed by atoms with Crippen molar-refractivity contribution in [3.63, 3.8) is 0 Å². The van der Waals surface area contributed by atoms with Crippen LogP contribution in [-0.4, -0.2) is 23.2 Å². The second kappa shape index (κ2) is 4.91. The Morgan fingerprint density at radius 1 is 1.39 bits per heavy atom. The number of hydrogen-bond donors (Lipinski definition) is 2. The average molecular weight is 245 g/mol. The van der Waals surface area contributed by atoms with Gasteiger partial charge in [0.15, 0.2) is 0 Å². The number of carbonyl (C=O) groups is 1. The van der Waals surface area contributed by atoms with Crippen LogP contribution in [-0.2, 0) is 0 Å². The van der Waals surface area contributed by atoms with Gasteiger partial charge in [-0.2, -0.15) is 5.10 Å². The number of aromatic nitrogens is 2. The molecule has 1 aromatic heterocycles. The molecule has 1 aromatic carbocycles. The van der Waals surface area contributed by atoms with E-state index < -0.39 is 0 Å². The molecule has 0 aliphatic heterocycles. The fraction of sp³-hybridized carbons (Fsp3) is 0.231. The molecule has 0 saturated heterocycles. The predicted molar refractivity (Wildman–Crippen MR) is 69.0 cm³/mol. The molecule has 0 aliphatic rings. The molecule has 0 atom stereocenters. The van der Waals surface area contributed by atoms with Crippen LogP contribution < -0.4 is 10.1 Å². The van der Waals surface area contributed by atoms with Crippen LogP contribution in [0, 0.1) is 13.8 Å². The van der Waals surface area contributed by atoms with Gasteiger partial charge < -0.3 is 10.1 Å². The van der Waals surface area contributed by atoms with E-state index in [1.54, 1.807) is 20.1 Å². The minimum atomic E-state index is -0.174. The van der Waals surface area contributed by atoms with Crippen molar-refractivity contribution in [1.82, 2.24) is 10.2 Å². The molecular formula is C13H15N3O2. The number of benzene rings is 1. The summed E-state index contributed by atoms with van der Waals surface area (Å²) < 4.78 is 5.10. The van der Waals surface area contributed by atoms with Gasteiger partial charge in [-0.05, 0) is 26.0 Å². The van der Waals surface area contributed by atoms with Gasteiger partial charge in [0.1, 0.15) is 5.75 Å². The number of carbonyl (C=O) groups excluding carboxylic acids is 1. The van der Waals surface area contributed by atoms with Crippen LogP contribution >= 0.6 is 0 Å². The second-order valence-electron chi connectivity index (χ2n) is 4.00. The molecule has 0 unspecified atom stereocenters.